The Balaban J connectivity index is 1.94. The molecule has 0 aromatic heterocycles. The van der Waals surface area contributed by atoms with Crippen LogP contribution in [0.2, 0.25) is 5.02 Å². The molecule has 3 N–H and O–H groups in total. The van der Waals surface area contributed by atoms with E-state index in [9.17, 15) is 9.90 Å². The molecule has 4 nitrogen and oxygen atoms in total. The molecular formula is C16H16ClIN2O2. The van der Waals surface area contributed by atoms with Gasteiger partial charge < -0.3 is 15.7 Å². The molecule has 0 aliphatic carbocycles. The Hall–Kier alpha value is -1.31. The molecule has 22 heavy (non-hydrogen) atoms. The lowest BCUT2D eigenvalue weighted by atomic mass is 10.1. The van der Waals surface area contributed by atoms with E-state index in [0.717, 1.165) is 9.13 Å². The number of halogens is 2. The van der Waals surface area contributed by atoms with E-state index in [-0.39, 0.29) is 12.6 Å². The molecule has 0 fully saturated rings. The Labute approximate surface area is 148 Å². The Bertz CT molecular complexity index is 637. The van der Waals surface area contributed by atoms with Crippen molar-refractivity contribution in [2.75, 3.05) is 11.9 Å². The van der Waals surface area contributed by atoms with Crippen molar-refractivity contribution in [3.05, 3.63) is 62.7 Å². The fourth-order valence-corrected chi connectivity index (χ4v) is 2.90. The maximum atomic E-state index is 12.0. The third kappa shape index (κ3) is 5.15. The molecular weight excluding hydrogens is 415 g/mol. The number of carbonyl (C=O) groups excluding carboxylic acids is 1. The Morgan fingerprint density at radius 3 is 2.59 bits per heavy atom. The first kappa shape index (κ1) is 17.1. The van der Waals surface area contributed by atoms with Crippen LogP contribution in [0.25, 0.3) is 0 Å². The molecule has 1 unspecified atom stereocenters. The summed E-state index contributed by atoms with van der Waals surface area (Å²) >= 11 is 8.23. The van der Waals surface area contributed by atoms with Crippen LogP contribution >= 0.6 is 34.2 Å². The molecule has 0 bridgehead atoms. The highest BCUT2D eigenvalue weighted by molar-refractivity contribution is 14.1. The van der Waals surface area contributed by atoms with Gasteiger partial charge in [-0.15, -0.1) is 0 Å². The summed E-state index contributed by atoms with van der Waals surface area (Å²) in [5.41, 5.74) is 1.59. The van der Waals surface area contributed by atoms with Gasteiger partial charge in [0.25, 0.3) is 0 Å². The minimum Gasteiger partial charge on any atom is -0.394 e. The number of rotatable bonds is 5. The van der Waals surface area contributed by atoms with Crippen molar-refractivity contribution < 1.29 is 9.90 Å². The van der Waals surface area contributed by atoms with E-state index in [1.54, 1.807) is 12.1 Å². The summed E-state index contributed by atoms with van der Waals surface area (Å²) in [6.07, 6.45) is 0.561. The van der Waals surface area contributed by atoms with Crippen molar-refractivity contribution >= 4 is 45.9 Å². The lowest BCUT2D eigenvalue weighted by molar-refractivity contribution is 0.224. The van der Waals surface area contributed by atoms with Crippen molar-refractivity contribution in [2.24, 2.45) is 0 Å². The van der Waals surface area contributed by atoms with Gasteiger partial charge in [-0.3, -0.25) is 0 Å². The van der Waals surface area contributed by atoms with Crippen molar-refractivity contribution in [1.29, 1.82) is 0 Å². The van der Waals surface area contributed by atoms with E-state index in [0.29, 0.717) is 17.1 Å². The SMILES string of the molecule is O=C(Nc1ccc(I)cc1Cl)NC(CO)Cc1ccccc1. The minimum absolute atomic E-state index is 0.136. The maximum absolute atomic E-state index is 12.0. The smallest absolute Gasteiger partial charge is 0.319 e. The van der Waals surface area contributed by atoms with Gasteiger partial charge in [0.05, 0.1) is 23.4 Å². The second kappa shape index (κ2) is 8.36. The van der Waals surface area contributed by atoms with Crippen LogP contribution in [-0.4, -0.2) is 23.8 Å². The number of anilines is 1. The summed E-state index contributed by atoms with van der Waals surface area (Å²) in [5.74, 6) is 0. The van der Waals surface area contributed by atoms with Gasteiger partial charge in [-0.05, 0) is 52.8 Å². The van der Waals surface area contributed by atoms with Crippen LogP contribution in [0.4, 0.5) is 10.5 Å². The van der Waals surface area contributed by atoms with E-state index >= 15 is 0 Å². The number of benzene rings is 2. The van der Waals surface area contributed by atoms with E-state index in [1.165, 1.54) is 0 Å². The molecule has 116 valence electrons. The summed E-state index contributed by atoms with van der Waals surface area (Å²) in [6, 6.07) is 14.3. The number of carbonyl (C=O) groups is 1. The normalized spacial score (nSPS) is 11.8. The van der Waals surface area contributed by atoms with Gasteiger partial charge in [-0.25, -0.2) is 4.79 Å². The first-order valence-corrected chi connectivity index (χ1v) is 8.21. The topological polar surface area (TPSA) is 61.4 Å². The van der Waals surface area contributed by atoms with E-state index < -0.39 is 6.03 Å². The van der Waals surface area contributed by atoms with Crippen LogP contribution in [-0.2, 0) is 6.42 Å². The van der Waals surface area contributed by atoms with Crippen LogP contribution in [0.3, 0.4) is 0 Å². The second-order valence-electron chi connectivity index (χ2n) is 4.79. The first-order valence-electron chi connectivity index (χ1n) is 6.76. The van der Waals surface area contributed by atoms with Gasteiger partial charge >= 0.3 is 6.03 Å². The zero-order chi connectivity index (χ0) is 15.9. The number of hydrogen-bond donors (Lipinski definition) is 3. The molecule has 0 saturated heterocycles. The zero-order valence-electron chi connectivity index (χ0n) is 11.7. The molecule has 6 heteroatoms. The molecule has 0 aliphatic rings. The third-order valence-corrected chi connectivity index (χ3v) is 4.04. The summed E-state index contributed by atoms with van der Waals surface area (Å²) in [6.45, 7) is -0.136. The molecule has 2 aromatic rings. The van der Waals surface area contributed by atoms with Gasteiger partial charge in [0, 0.05) is 3.57 Å². The Morgan fingerprint density at radius 2 is 1.95 bits per heavy atom. The predicted octanol–water partition coefficient (Wildman–Crippen LogP) is 3.67. The molecule has 0 aliphatic heterocycles. The highest BCUT2D eigenvalue weighted by Gasteiger charge is 2.13. The van der Waals surface area contributed by atoms with Crippen LogP contribution in [0.15, 0.2) is 48.5 Å². The Kier molecular flexibility index (Phi) is 6.48. The highest BCUT2D eigenvalue weighted by atomic mass is 127. The summed E-state index contributed by atoms with van der Waals surface area (Å²) in [5, 5.41) is 15.3. The number of nitrogens with one attached hydrogen (secondary N) is 2. The molecule has 2 amide bonds. The van der Waals surface area contributed by atoms with Gasteiger partial charge in [0.1, 0.15) is 0 Å². The van der Waals surface area contributed by atoms with Crippen molar-refractivity contribution in [3.63, 3.8) is 0 Å². The summed E-state index contributed by atoms with van der Waals surface area (Å²) in [7, 11) is 0. The predicted molar refractivity (Wildman–Crippen MR) is 97.3 cm³/mol. The Morgan fingerprint density at radius 1 is 1.23 bits per heavy atom. The molecule has 0 saturated carbocycles. The first-order chi connectivity index (χ1) is 10.6. The molecule has 0 heterocycles. The number of aliphatic hydroxyl groups excluding tert-OH is 1. The molecule has 2 rings (SSSR count). The van der Waals surface area contributed by atoms with E-state index in [2.05, 4.69) is 33.2 Å². The molecule has 0 spiro atoms. The molecule has 0 radical (unpaired) electrons. The molecule has 1 atom stereocenters. The van der Waals surface area contributed by atoms with Crippen molar-refractivity contribution in [1.82, 2.24) is 5.32 Å². The fraction of sp³-hybridized carbons (Fsp3) is 0.188. The van der Waals surface area contributed by atoms with Gasteiger partial charge in [-0.1, -0.05) is 41.9 Å². The van der Waals surface area contributed by atoms with Gasteiger partial charge in [-0.2, -0.15) is 0 Å². The number of urea groups is 1. The van der Waals surface area contributed by atoms with Crippen LogP contribution in [0.1, 0.15) is 5.56 Å². The van der Waals surface area contributed by atoms with Crippen LogP contribution in [0, 0.1) is 3.57 Å². The quantitative estimate of drug-likeness (QED) is 0.634. The number of amides is 2. The van der Waals surface area contributed by atoms with E-state index in [4.69, 9.17) is 11.6 Å². The van der Waals surface area contributed by atoms with Crippen LogP contribution in [0.5, 0.6) is 0 Å². The van der Waals surface area contributed by atoms with Crippen LogP contribution < -0.4 is 10.6 Å². The lowest BCUT2D eigenvalue weighted by Crippen LogP contribution is -2.41. The average molecular weight is 431 g/mol. The summed E-state index contributed by atoms with van der Waals surface area (Å²) < 4.78 is 0.992. The number of aliphatic hydroxyl groups is 1. The largest absolute Gasteiger partial charge is 0.394 e. The monoisotopic (exact) mass is 430 g/mol. The standard InChI is InChI=1S/C16H16ClIN2O2/c17-14-9-12(18)6-7-15(14)20-16(22)19-13(10-21)8-11-4-2-1-3-5-11/h1-7,9,13,21H,8,10H2,(H2,19,20,22). The molecule has 2 aromatic carbocycles. The van der Waals surface area contributed by atoms with Crippen molar-refractivity contribution in [2.45, 2.75) is 12.5 Å². The average Bonchev–Trinajstić information content (AvgIpc) is 2.50. The highest BCUT2D eigenvalue weighted by Crippen LogP contribution is 2.23. The van der Waals surface area contributed by atoms with E-state index in [1.807, 2.05) is 36.4 Å². The fourth-order valence-electron chi connectivity index (χ4n) is 1.99. The second-order valence-corrected chi connectivity index (χ2v) is 6.44. The van der Waals surface area contributed by atoms with Crippen molar-refractivity contribution in [3.8, 4) is 0 Å². The number of hydrogen-bond acceptors (Lipinski definition) is 2. The zero-order valence-corrected chi connectivity index (χ0v) is 14.6. The lowest BCUT2D eigenvalue weighted by Gasteiger charge is -2.17. The maximum Gasteiger partial charge on any atom is 0.319 e. The summed E-state index contributed by atoms with van der Waals surface area (Å²) in [4.78, 5) is 12.0. The third-order valence-electron chi connectivity index (χ3n) is 3.06. The van der Waals surface area contributed by atoms with Gasteiger partial charge in [0.2, 0.25) is 0 Å². The minimum atomic E-state index is -0.391. The van der Waals surface area contributed by atoms with Gasteiger partial charge in [0.15, 0.2) is 0 Å².